The summed E-state index contributed by atoms with van der Waals surface area (Å²) in [5, 5.41) is 3.65. The second-order valence-electron chi connectivity index (χ2n) is 5.63. The summed E-state index contributed by atoms with van der Waals surface area (Å²) in [5.41, 5.74) is 3.84. The van der Waals surface area contributed by atoms with Gasteiger partial charge in [0.2, 0.25) is 0 Å². The Hall–Kier alpha value is -1.74. The van der Waals surface area contributed by atoms with Gasteiger partial charge in [-0.25, -0.2) is 0 Å². The van der Waals surface area contributed by atoms with Crippen molar-refractivity contribution in [3.05, 3.63) is 71.2 Å². The molecule has 0 saturated carbocycles. The Balaban J connectivity index is 1.87. The molecule has 0 radical (unpaired) electrons. The minimum Gasteiger partial charge on any atom is -0.378 e. The fourth-order valence-electron chi connectivity index (χ4n) is 2.80. The van der Waals surface area contributed by atoms with Crippen LogP contribution in [0.15, 0.2) is 65.7 Å². The lowest BCUT2D eigenvalue weighted by molar-refractivity contribution is 0.611. The van der Waals surface area contributed by atoms with Crippen LogP contribution in [-0.2, 0) is 0 Å². The Morgan fingerprint density at radius 1 is 1.14 bits per heavy atom. The first-order valence-corrected chi connectivity index (χ1v) is 8.54. The van der Waals surface area contributed by atoms with E-state index in [9.17, 15) is 0 Å². The van der Waals surface area contributed by atoms with Crippen LogP contribution in [0.3, 0.4) is 0 Å². The van der Waals surface area contributed by atoms with Crippen LogP contribution in [-0.4, -0.2) is 13.1 Å². The highest BCUT2D eigenvalue weighted by molar-refractivity contribution is 9.10. The third kappa shape index (κ3) is 3.36. The molecule has 0 bridgehead atoms. The number of hydrogen-bond donors (Lipinski definition) is 1. The van der Waals surface area contributed by atoms with Crippen molar-refractivity contribution in [3.8, 4) is 0 Å². The van der Waals surface area contributed by atoms with Gasteiger partial charge in [-0.3, -0.25) is 0 Å². The number of para-hydroxylation sites is 1. The second kappa shape index (κ2) is 7.01. The first kappa shape index (κ1) is 15.2. The molecule has 2 nitrogen and oxygen atoms in total. The summed E-state index contributed by atoms with van der Waals surface area (Å²) in [7, 11) is 0. The predicted molar refractivity (Wildman–Crippen MR) is 98.6 cm³/mol. The maximum Gasteiger partial charge on any atom is 0.0568 e. The normalized spacial score (nSPS) is 15.0. The van der Waals surface area contributed by atoms with Crippen molar-refractivity contribution in [1.82, 2.24) is 0 Å². The first-order chi connectivity index (χ1) is 10.8. The molecule has 114 valence electrons. The van der Waals surface area contributed by atoms with Crippen molar-refractivity contribution >= 4 is 27.3 Å². The molecule has 1 fully saturated rings. The zero-order valence-corrected chi connectivity index (χ0v) is 14.2. The molecule has 1 unspecified atom stereocenters. The van der Waals surface area contributed by atoms with E-state index in [-0.39, 0.29) is 6.04 Å². The molecular weight excluding hydrogens is 336 g/mol. The highest BCUT2D eigenvalue weighted by atomic mass is 79.9. The van der Waals surface area contributed by atoms with Gasteiger partial charge in [-0.05, 0) is 48.7 Å². The molecule has 1 heterocycles. The van der Waals surface area contributed by atoms with E-state index in [1.807, 2.05) is 6.08 Å². The maximum atomic E-state index is 3.93. The van der Waals surface area contributed by atoms with Gasteiger partial charge >= 0.3 is 0 Å². The monoisotopic (exact) mass is 356 g/mol. The SMILES string of the molecule is C=CCC(Nc1ccc(Br)cc1)c1ccccc1N1CCC1. The number of rotatable bonds is 6. The highest BCUT2D eigenvalue weighted by Crippen LogP contribution is 2.33. The van der Waals surface area contributed by atoms with E-state index in [2.05, 4.69) is 81.3 Å². The molecule has 1 N–H and O–H groups in total. The van der Waals surface area contributed by atoms with Crippen LogP contribution in [0.5, 0.6) is 0 Å². The van der Waals surface area contributed by atoms with Crippen molar-refractivity contribution < 1.29 is 0 Å². The summed E-state index contributed by atoms with van der Waals surface area (Å²) in [6, 6.07) is 17.3. The average Bonchev–Trinajstić information content (AvgIpc) is 2.48. The number of nitrogens with zero attached hydrogens (tertiary/aromatic N) is 1. The molecule has 0 amide bonds. The first-order valence-electron chi connectivity index (χ1n) is 7.75. The van der Waals surface area contributed by atoms with Gasteiger partial charge in [0.05, 0.1) is 6.04 Å². The molecular formula is C19H21BrN2. The molecule has 3 heteroatoms. The van der Waals surface area contributed by atoms with Gasteiger partial charge in [0.25, 0.3) is 0 Å². The van der Waals surface area contributed by atoms with Crippen molar-refractivity contribution in [2.24, 2.45) is 0 Å². The molecule has 0 aliphatic carbocycles. The summed E-state index contributed by atoms with van der Waals surface area (Å²) >= 11 is 3.48. The third-order valence-corrected chi connectivity index (χ3v) is 4.63. The van der Waals surface area contributed by atoms with Gasteiger partial charge in [0, 0.05) is 28.9 Å². The Morgan fingerprint density at radius 2 is 1.86 bits per heavy atom. The fraction of sp³-hybridized carbons (Fsp3) is 0.263. The van der Waals surface area contributed by atoms with Gasteiger partial charge in [0.15, 0.2) is 0 Å². The number of nitrogens with one attached hydrogen (secondary N) is 1. The zero-order valence-electron chi connectivity index (χ0n) is 12.6. The molecule has 3 rings (SSSR count). The van der Waals surface area contributed by atoms with Gasteiger partial charge in [-0.1, -0.05) is 40.2 Å². The minimum atomic E-state index is 0.246. The van der Waals surface area contributed by atoms with Crippen molar-refractivity contribution in [1.29, 1.82) is 0 Å². The van der Waals surface area contributed by atoms with E-state index >= 15 is 0 Å². The molecule has 1 aliphatic rings. The number of halogens is 1. The summed E-state index contributed by atoms with van der Waals surface area (Å²) in [5.74, 6) is 0. The lowest BCUT2D eigenvalue weighted by Crippen LogP contribution is -2.38. The largest absolute Gasteiger partial charge is 0.378 e. The minimum absolute atomic E-state index is 0.246. The topological polar surface area (TPSA) is 15.3 Å². The van der Waals surface area contributed by atoms with Crippen LogP contribution >= 0.6 is 15.9 Å². The van der Waals surface area contributed by atoms with Crippen LogP contribution in [0.2, 0.25) is 0 Å². The fourth-order valence-corrected chi connectivity index (χ4v) is 3.07. The smallest absolute Gasteiger partial charge is 0.0568 e. The molecule has 2 aromatic rings. The Morgan fingerprint density at radius 3 is 2.50 bits per heavy atom. The lowest BCUT2D eigenvalue weighted by Gasteiger charge is -2.36. The van der Waals surface area contributed by atoms with E-state index < -0.39 is 0 Å². The predicted octanol–water partition coefficient (Wildman–Crippen LogP) is 5.39. The van der Waals surface area contributed by atoms with Crippen molar-refractivity contribution in [3.63, 3.8) is 0 Å². The molecule has 1 atom stereocenters. The van der Waals surface area contributed by atoms with Gasteiger partial charge in [-0.15, -0.1) is 6.58 Å². The molecule has 0 aromatic heterocycles. The Labute approximate surface area is 141 Å². The molecule has 1 aliphatic heterocycles. The van der Waals surface area contributed by atoms with Crippen LogP contribution in [0.25, 0.3) is 0 Å². The van der Waals surface area contributed by atoms with Crippen LogP contribution < -0.4 is 10.2 Å². The summed E-state index contributed by atoms with van der Waals surface area (Å²) < 4.78 is 1.10. The van der Waals surface area contributed by atoms with Crippen molar-refractivity contribution in [2.75, 3.05) is 23.3 Å². The maximum absolute atomic E-state index is 3.93. The van der Waals surface area contributed by atoms with Crippen LogP contribution in [0.4, 0.5) is 11.4 Å². The summed E-state index contributed by atoms with van der Waals surface area (Å²) in [6.45, 7) is 6.25. The van der Waals surface area contributed by atoms with Gasteiger partial charge in [-0.2, -0.15) is 0 Å². The zero-order chi connectivity index (χ0) is 15.4. The van der Waals surface area contributed by atoms with Crippen LogP contribution in [0.1, 0.15) is 24.4 Å². The van der Waals surface area contributed by atoms with E-state index in [0.29, 0.717) is 0 Å². The number of anilines is 2. The summed E-state index contributed by atoms with van der Waals surface area (Å²) in [4.78, 5) is 2.45. The summed E-state index contributed by atoms with van der Waals surface area (Å²) in [6.07, 6.45) is 4.19. The third-order valence-electron chi connectivity index (χ3n) is 4.10. The molecule has 2 aromatic carbocycles. The van der Waals surface area contributed by atoms with E-state index in [1.54, 1.807) is 0 Å². The van der Waals surface area contributed by atoms with Gasteiger partial charge in [0.1, 0.15) is 0 Å². The molecule has 1 saturated heterocycles. The highest BCUT2D eigenvalue weighted by Gasteiger charge is 2.21. The Kier molecular flexibility index (Phi) is 4.84. The number of benzene rings is 2. The second-order valence-corrected chi connectivity index (χ2v) is 6.54. The van der Waals surface area contributed by atoms with Crippen molar-refractivity contribution in [2.45, 2.75) is 18.9 Å². The average molecular weight is 357 g/mol. The molecule has 0 spiro atoms. The van der Waals surface area contributed by atoms with E-state index in [0.717, 1.165) is 29.7 Å². The van der Waals surface area contributed by atoms with Crippen LogP contribution in [0, 0.1) is 0 Å². The molecule has 22 heavy (non-hydrogen) atoms. The standard InChI is InChI=1S/C19H21BrN2/c1-2-6-18(21-16-11-9-15(20)10-12-16)17-7-3-4-8-19(17)22-13-5-14-22/h2-4,7-12,18,21H,1,5-6,13-14H2. The number of hydrogen-bond acceptors (Lipinski definition) is 2. The van der Waals surface area contributed by atoms with Gasteiger partial charge < -0.3 is 10.2 Å². The Bertz CT molecular complexity index is 632. The van der Waals surface area contributed by atoms with E-state index in [4.69, 9.17) is 0 Å². The quantitative estimate of drug-likeness (QED) is 0.698. The van der Waals surface area contributed by atoms with E-state index in [1.165, 1.54) is 17.7 Å². The lowest BCUT2D eigenvalue weighted by atomic mass is 9.99.